The number of benzene rings is 2. The van der Waals surface area contributed by atoms with E-state index in [4.69, 9.17) is 0 Å². The average Bonchev–Trinajstić information content (AvgIpc) is 3.67. The van der Waals surface area contributed by atoms with E-state index >= 15 is 0 Å². The van der Waals surface area contributed by atoms with Crippen LogP contribution < -0.4 is 10.2 Å². The SMILES string of the molecule is CN1CCc2c(cc(Nc3ncc(C(F)(F)F)c(N4CC(C)(C(=O)O)c5cc(F)ccc54)n3)cc2C2CC2)C1. The molecular weight excluding hydrogens is 514 g/mol. The van der Waals surface area contributed by atoms with E-state index < -0.39 is 34.8 Å². The Hall–Kier alpha value is -3.73. The van der Waals surface area contributed by atoms with Crippen molar-refractivity contribution in [3.8, 4) is 0 Å². The number of rotatable bonds is 5. The molecule has 204 valence electrons. The molecule has 1 unspecified atom stereocenters. The molecule has 2 aliphatic heterocycles. The second kappa shape index (κ2) is 8.90. The number of anilines is 4. The molecule has 1 fully saturated rings. The van der Waals surface area contributed by atoms with Gasteiger partial charge in [0.15, 0.2) is 5.82 Å². The van der Waals surface area contributed by atoms with Crippen LogP contribution >= 0.6 is 0 Å². The molecule has 3 aliphatic rings. The van der Waals surface area contributed by atoms with Gasteiger partial charge in [0, 0.05) is 37.2 Å². The minimum atomic E-state index is -4.80. The summed E-state index contributed by atoms with van der Waals surface area (Å²) in [5, 5.41) is 13.0. The van der Waals surface area contributed by atoms with Crippen LogP contribution in [-0.2, 0) is 29.4 Å². The smallest absolute Gasteiger partial charge is 0.421 e. The zero-order valence-corrected chi connectivity index (χ0v) is 21.4. The number of alkyl halides is 3. The van der Waals surface area contributed by atoms with Crippen molar-refractivity contribution in [2.75, 3.05) is 30.4 Å². The van der Waals surface area contributed by atoms with Crippen LogP contribution in [0, 0.1) is 5.82 Å². The fourth-order valence-corrected chi connectivity index (χ4v) is 5.72. The number of carbonyl (C=O) groups is 1. The van der Waals surface area contributed by atoms with Gasteiger partial charge in [-0.15, -0.1) is 0 Å². The van der Waals surface area contributed by atoms with E-state index in [0.717, 1.165) is 44.5 Å². The lowest BCUT2D eigenvalue weighted by Gasteiger charge is -2.28. The predicted octanol–water partition coefficient (Wildman–Crippen LogP) is 5.74. The summed E-state index contributed by atoms with van der Waals surface area (Å²) in [5.74, 6) is -1.99. The molecule has 0 amide bonds. The van der Waals surface area contributed by atoms with Crippen molar-refractivity contribution in [3.05, 3.63) is 70.2 Å². The van der Waals surface area contributed by atoms with Gasteiger partial charge < -0.3 is 20.2 Å². The monoisotopic (exact) mass is 541 g/mol. The topological polar surface area (TPSA) is 81.6 Å². The molecule has 39 heavy (non-hydrogen) atoms. The van der Waals surface area contributed by atoms with E-state index in [0.29, 0.717) is 17.8 Å². The number of nitrogens with zero attached hydrogens (tertiary/aromatic N) is 4. The molecule has 1 saturated carbocycles. The molecule has 1 aliphatic carbocycles. The van der Waals surface area contributed by atoms with E-state index in [9.17, 15) is 27.5 Å². The molecule has 3 heterocycles. The number of aliphatic carboxylic acids is 1. The number of carboxylic acids is 1. The number of carboxylic acid groups (broad SMARTS) is 1. The highest BCUT2D eigenvalue weighted by Crippen LogP contribution is 2.48. The summed E-state index contributed by atoms with van der Waals surface area (Å²) in [4.78, 5) is 23.8. The van der Waals surface area contributed by atoms with Crippen molar-refractivity contribution in [2.24, 2.45) is 0 Å². The molecule has 1 atom stereocenters. The summed E-state index contributed by atoms with van der Waals surface area (Å²) < 4.78 is 56.4. The van der Waals surface area contributed by atoms with Crippen LogP contribution in [0.5, 0.6) is 0 Å². The highest BCUT2D eigenvalue weighted by Gasteiger charge is 2.48. The maximum atomic E-state index is 14.1. The fraction of sp³-hybridized carbons (Fsp3) is 0.393. The molecule has 0 radical (unpaired) electrons. The quantitative estimate of drug-likeness (QED) is 0.399. The summed E-state index contributed by atoms with van der Waals surface area (Å²) >= 11 is 0. The van der Waals surface area contributed by atoms with Crippen LogP contribution in [0.25, 0.3) is 0 Å². The third kappa shape index (κ3) is 4.48. The molecule has 3 aromatic rings. The first-order valence-electron chi connectivity index (χ1n) is 12.8. The van der Waals surface area contributed by atoms with E-state index in [2.05, 4.69) is 27.2 Å². The molecule has 11 heteroatoms. The van der Waals surface area contributed by atoms with Crippen LogP contribution in [0.3, 0.4) is 0 Å². The molecule has 6 rings (SSSR count). The van der Waals surface area contributed by atoms with Gasteiger partial charge in [-0.1, -0.05) is 0 Å². The Kier molecular flexibility index (Phi) is 5.83. The predicted molar refractivity (Wildman–Crippen MR) is 137 cm³/mol. The van der Waals surface area contributed by atoms with Crippen LogP contribution in [0.2, 0.25) is 0 Å². The molecule has 7 nitrogen and oxygen atoms in total. The van der Waals surface area contributed by atoms with E-state index in [-0.39, 0.29) is 23.7 Å². The average molecular weight is 542 g/mol. The van der Waals surface area contributed by atoms with Gasteiger partial charge >= 0.3 is 12.1 Å². The molecule has 2 N–H and O–H groups in total. The van der Waals surface area contributed by atoms with Gasteiger partial charge in [0.05, 0.1) is 0 Å². The third-order valence-corrected chi connectivity index (χ3v) is 7.95. The Morgan fingerprint density at radius 1 is 1.21 bits per heavy atom. The summed E-state index contributed by atoms with van der Waals surface area (Å²) in [6.07, 6.45) is -0.909. The van der Waals surface area contributed by atoms with Gasteiger partial charge in [0.1, 0.15) is 16.8 Å². The number of hydrogen-bond acceptors (Lipinski definition) is 6. The van der Waals surface area contributed by atoms with Gasteiger partial charge in [-0.05, 0) is 91.7 Å². The Morgan fingerprint density at radius 3 is 2.67 bits per heavy atom. The Balaban J connectivity index is 1.43. The Bertz CT molecular complexity index is 1490. The number of nitrogens with one attached hydrogen (secondary N) is 1. The van der Waals surface area contributed by atoms with Gasteiger partial charge in [-0.3, -0.25) is 4.79 Å². The Morgan fingerprint density at radius 2 is 1.97 bits per heavy atom. The van der Waals surface area contributed by atoms with Gasteiger partial charge in [-0.2, -0.15) is 18.2 Å². The van der Waals surface area contributed by atoms with E-state index in [1.807, 2.05) is 12.1 Å². The summed E-state index contributed by atoms with van der Waals surface area (Å²) in [7, 11) is 2.05. The maximum absolute atomic E-state index is 14.1. The van der Waals surface area contributed by atoms with Crippen molar-refractivity contribution in [3.63, 3.8) is 0 Å². The van der Waals surface area contributed by atoms with Crippen molar-refractivity contribution < 1.29 is 27.5 Å². The maximum Gasteiger partial charge on any atom is 0.421 e. The lowest BCUT2D eigenvalue weighted by atomic mass is 9.85. The first-order chi connectivity index (χ1) is 18.4. The summed E-state index contributed by atoms with van der Waals surface area (Å²) in [5.41, 5.74) is 1.98. The zero-order chi connectivity index (χ0) is 27.7. The van der Waals surface area contributed by atoms with Gasteiger partial charge in [0.25, 0.3) is 0 Å². The lowest BCUT2D eigenvalue weighted by molar-refractivity contribution is -0.142. The first-order valence-corrected chi connectivity index (χ1v) is 12.8. The molecule has 1 aromatic heterocycles. The highest BCUT2D eigenvalue weighted by molar-refractivity contribution is 5.89. The highest BCUT2D eigenvalue weighted by atomic mass is 19.4. The number of hydrogen-bond donors (Lipinski definition) is 2. The molecule has 2 aromatic carbocycles. The molecular formula is C28H27F4N5O2. The number of likely N-dealkylation sites (N-methyl/N-ethyl adjacent to an activating group) is 1. The van der Waals surface area contributed by atoms with Crippen molar-refractivity contribution in [1.29, 1.82) is 0 Å². The van der Waals surface area contributed by atoms with Crippen LogP contribution in [0.4, 0.5) is 40.7 Å². The normalized spacial score (nSPS) is 21.0. The van der Waals surface area contributed by atoms with E-state index in [1.54, 1.807) is 0 Å². The Labute approximate surface area is 222 Å². The van der Waals surface area contributed by atoms with Crippen LogP contribution in [0.1, 0.15) is 53.5 Å². The van der Waals surface area contributed by atoms with Gasteiger partial charge in [0.2, 0.25) is 5.95 Å². The second-order valence-corrected chi connectivity index (χ2v) is 10.9. The fourth-order valence-electron chi connectivity index (χ4n) is 5.72. The first kappa shape index (κ1) is 25.5. The number of fused-ring (bicyclic) bond motifs is 2. The lowest BCUT2D eigenvalue weighted by Crippen LogP contribution is -2.37. The zero-order valence-electron chi connectivity index (χ0n) is 21.4. The largest absolute Gasteiger partial charge is 0.481 e. The summed E-state index contributed by atoms with van der Waals surface area (Å²) in [6, 6.07) is 7.47. The van der Waals surface area contributed by atoms with Crippen molar-refractivity contribution in [1.82, 2.24) is 14.9 Å². The van der Waals surface area contributed by atoms with Crippen LogP contribution in [-0.4, -0.2) is 46.1 Å². The molecule has 0 saturated heterocycles. The molecule has 0 spiro atoms. The minimum absolute atomic E-state index is 0.0450. The van der Waals surface area contributed by atoms with Crippen molar-refractivity contribution >= 4 is 29.1 Å². The van der Waals surface area contributed by atoms with E-state index in [1.165, 1.54) is 34.6 Å². The van der Waals surface area contributed by atoms with Crippen LogP contribution in [0.15, 0.2) is 36.5 Å². The number of halogens is 4. The van der Waals surface area contributed by atoms with Crippen molar-refractivity contribution in [2.45, 2.75) is 50.2 Å². The minimum Gasteiger partial charge on any atom is -0.481 e. The second-order valence-electron chi connectivity index (χ2n) is 10.9. The molecule has 0 bridgehead atoms. The van der Waals surface area contributed by atoms with Gasteiger partial charge in [-0.25, -0.2) is 9.37 Å². The third-order valence-electron chi connectivity index (χ3n) is 7.95. The standard InChI is InChI=1S/C28H27F4N5O2/c1-27(25(38)39)14-37(23-6-5-17(29)10-21(23)27)24-22(28(30,31)32)12-33-26(35-24)34-18-9-16-13-36(2)8-7-19(16)20(11-18)15-3-4-15/h5-6,9-12,15H,3-4,7-8,13-14H2,1-2H3,(H,38,39)(H,33,34,35). The summed E-state index contributed by atoms with van der Waals surface area (Å²) in [6.45, 7) is 2.77. The number of aromatic nitrogens is 2.